The van der Waals surface area contributed by atoms with Crippen LogP contribution in [0.15, 0.2) is 36.4 Å². The van der Waals surface area contributed by atoms with Crippen LogP contribution in [-0.2, 0) is 4.79 Å². The quantitative estimate of drug-likeness (QED) is 0.287. The number of fused-ring (bicyclic) bond motifs is 1. The molecule has 0 radical (unpaired) electrons. The molecule has 194 valence electrons. The third-order valence-corrected chi connectivity index (χ3v) is 6.30. The number of hydrogen-bond donors (Lipinski definition) is 1. The summed E-state index contributed by atoms with van der Waals surface area (Å²) in [5.41, 5.74) is 2.07. The van der Waals surface area contributed by atoms with Gasteiger partial charge < -0.3 is 24.1 Å². The van der Waals surface area contributed by atoms with E-state index in [4.69, 9.17) is 14.5 Å². The number of imidazole rings is 1. The van der Waals surface area contributed by atoms with Gasteiger partial charge in [0, 0.05) is 30.8 Å². The Labute approximate surface area is 207 Å². The van der Waals surface area contributed by atoms with Gasteiger partial charge in [-0.05, 0) is 54.9 Å². The molecule has 2 aromatic carbocycles. The molecule has 10 heteroatoms. The molecule has 0 saturated heterocycles. The molecule has 1 N–H and O–H groups in total. The number of aromatic nitrogens is 2. The SMILES string of the molecule is COc1cc2c(cc1OC(C)=O)nc(Nc1ccc(OC(F)(F)F)cc1)n2[C@@H]1C[C@H](C)CC(C)(C)C1. The third kappa shape index (κ3) is 5.85. The van der Waals surface area contributed by atoms with Crippen molar-refractivity contribution >= 4 is 28.6 Å². The molecule has 1 fully saturated rings. The highest BCUT2D eigenvalue weighted by molar-refractivity contribution is 5.85. The number of methoxy groups -OCH3 is 1. The number of ether oxygens (including phenoxy) is 3. The van der Waals surface area contributed by atoms with Crippen LogP contribution in [0.5, 0.6) is 17.2 Å². The third-order valence-electron chi connectivity index (χ3n) is 6.30. The summed E-state index contributed by atoms with van der Waals surface area (Å²) < 4.78 is 54.5. The zero-order valence-electron chi connectivity index (χ0n) is 20.9. The number of halogens is 3. The second-order valence-electron chi connectivity index (χ2n) is 10.2. The first kappa shape index (κ1) is 25.7. The van der Waals surface area contributed by atoms with Crippen molar-refractivity contribution in [3.05, 3.63) is 36.4 Å². The Morgan fingerprint density at radius 1 is 1.14 bits per heavy atom. The molecule has 1 aliphatic rings. The molecule has 1 heterocycles. The molecule has 0 aliphatic heterocycles. The van der Waals surface area contributed by atoms with Crippen LogP contribution in [0, 0.1) is 11.3 Å². The van der Waals surface area contributed by atoms with Gasteiger partial charge >= 0.3 is 12.3 Å². The van der Waals surface area contributed by atoms with Crippen molar-refractivity contribution in [1.82, 2.24) is 9.55 Å². The number of benzene rings is 2. The van der Waals surface area contributed by atoms with E-state index >= 15 is 0 Å². The van der Waals surface area contributed by atoms with Crippen molar-refractivity contribution in [1.29, 1.82) is 0 Å². The monoisotopic (exact) mass is 505 g/mol. The minimum Gasteiger partial charge on any atom is -0.493 e. The lowest BCUT2D eigenvalue weighted by molar-refractivity contribution is -0.274. The Kier molecular flexibility index (Phi) is 6.81. The largest absolute Gasteiger partial charge is 0.573 e. The fourth-order valence-corrected chi connectivity index (χ4v) is 5.32. The van der Waals surface area contributed by atoms with E-state index in [1.807, 2.05) is 0 Å². The van der Waals surface area contributed by atoms with E-state index in [-0.39, 0.29) is 23.0 Å². The van der Waals surface area contributed by atoms with Crippen LogP contribution in [-0.4, -0.2) is 29.0 Å². The standard InChI is InChI=1S/C26H30F3N3O4/c1-15-10-18(14-25(3,4)13-15)32-21-12-22(34-5)23(35-16(2)33)11-20(21)31-24(32)30-17-6-8-19(9-7-17)36-26(27,28)29/h6-9,11-12,15,18H,10,13-14H2,1-5H3,(H,30,31)/t15-,18+/m0/s1. The summed E-state index contributed by atoms with van der Waals surface area (Å²) in [5.74, 6) is 0.910. The van der Waals surface area contributed by atoms with E-state index in [0.29, 0.717) is 28.8 Å². The molecule has 7 nitrogen and oxygen atoms in total. The van der Waals surface area contributed by atoms with Gasteiger partial charge in [-0.15, -0.1) is 13.2 Å². The number of nitrogens with zero attached hydrogens (tertiary/aromatic N) is 2. The van der Waals surface area contributed by atoms with E-state index in [9.17, 15) is 18.0 Å². The van der Waals surface area contributed by atoms with E-state index < -0.39 is 12.3 Å². The maximum absolute atomic E-state index is 12.5. The molecule has 2 atom stereocenters. The lowest BCUT2D eigenvalue weighted by atomic mass is 9.70. The van der Waals surface area contributed by atoms with Gasteiger partial charge in [0.15, 0.2) is 11.5 Å². The van der Waals surface area contributed by atoms with Gasteiger partial charge in [-0.1, -0.05) is 20.8 Å². The smallest absolute Gasteiger partial charge is 0.493 e. The number of carbonyl (C=O) groups is 1. The molecule has 0 unspecified atom stereocenters. The first-order chi connectivity index (χ1) is 16.8. The first-order valence-electron chi connectivity index (χ1n) is 11.7. The summed E-state index contributed by atoms with van der Waals surface area (Å²) in [7, 11) is 1.50. The summed E-state index contributed by atoms with van der Waals surface area (Å²) in [5, 5.41) is 3.26. The number of carbonyl (C=O) groups excluding carboxylic acids is 1. The molecule has 1 saturated carbocycles. The predicted molar refractivity (Wildman–Crippen MR) is 130 cm³/mol. The van der Waals surface area contributed by atoms with Gasteiger partial charge in [-0.2, -0.15) is 0 Å². The average molecular weight is 506 g/mol. The Balaban J connectivity index is 1.78. The van der Waals surface area contributed by atoms with Crippen LogP contribution in [0.25, 0.3) is 11.0 Å². The van der Waals surface area contributed by atoms with Gasteiger partial charge in [0.05, 0.1) is 18.1 Å². The van der Waals surface area contributed by atoms with Gasteiger partial charge in [0.1, 0.15) is 5.75 Å². The number of esters is 1. The molecule has 1 aliphatic carbocycles. The van der Waals surface area contributed by atoms with E-state index in [2.05, 4.69) is 35.4 Å². The van der Waals surface area contributed by atoms with E-state index in [1.165, 1.54) is 38.3 Å². The van der Waals surface area contributed by atoms with Crippen molar-refractivity contribution in [3.8, 4) is 17.2 Å². The summed E-state index contributed by atoms with van der Waals surface area (Å²) in [6.07, 6.45) is -1.79. The molecule has 0 spiro atoms. The molecule has 0 amide bonds. The van der Waals surface area contributed by atoms with E-state index in [1.54, 1.807) is 12.1 Å². The Bertz CT molecular complexity index is 1250. The topological polar surface area (TPSA) is 74.6 Å². The predicted octanol–water partition coefficient (Wildman–Crippen LogP) is 7.00. The molecule has 0 bridgehead atoms. The summed E-state index contributed by atoms with van der Waals surface area (Å²) in [4.78, 5) is 16.4. The summed E-state index contributed by atoms with van der Waals surface area (Å²) in [6, 6.07) is 9.08. The van der Waals surface area contributed by atoms with Crippen LogP contribution >= 0.6 is 0 Å². The van der Waals surface area contributed by atoms with Gasteiger partial charge in [0.25, 0.3) is 0 Å². The lowest BCUT2D eigenvalue weighted by Crippen LogP contribution is -2.29. The highest BCUT2D eigenvalue weighted by Crippen LogP contribution is 2.47. The van der Waals surface area contributed by atoms with Crippen LogP contribution in [0.4, 0.5) is 24.8 Å². The first-order valence-corrected chi connectivity index (χ1v) is 11.7. The van der Waals surface area contributed by atoms with E-state index in [0.717, 1.165) is 24.8 Å². The molecule has 3 aromatic rings. The van der Waals surface area contributed by atoms with Gasteiger partial charge in [-0.25, -0.2) is 4.98 Å². The van der Waals surface area contributed by atoms with Gasteiger partial charge in [0.2, 0.25) is 5.95 Å². The second kappa shape index (κ2) is 9.55. The lowest BCUT2D eigenvalue weighted by Gasteiger charge is -2.40. The number of anilines is 2. The number of nitrogens with one attached hydrogen (secondary N) is 1. The zero-order valence-corrected chi connectivity index (χ0v) is 20.9. The maximum Gasteiger partial charge on any atom is 0.573 e. The van der Waals surface area contributed by atoms with Crippen LogP contribution < -0.4 is 19.5 Å². The fraction of sp³-hybridized carbons (Fsp3) is 0.462. The Morgan fingerprint density at radius 2 is 1.83 bits per heavy atom. The Morgan fingerprint density at radius 3 is 2.42 bits per heavy atom. The minimum atomic E-state index is -4.76. The van der Waals surface area contributed by atoms with Gasteiger partial charge in [-0.3, -0.25) is 4.79 Å². The summed E-state index contributed by atoms with van der Waals surface area (Å²) in [6.45, 7) is 8.05. The highest BCUT2D eigenvalue weighted by atomic mass is 19.4. The van der Waals surface area contributed by atoms with Crippen LogP contribution in [0.3, 0.4) is 0 Å². The van der Waals surface area contributed by atoms with Crippen LogP contribution in [0.1, 0.15) is 53.0 Å². The fourth-order valence-electron chi connectivity index (χ4n) is 5.32. The number of rotatable bonds is 6. The Hall–Kier alpha value is -3.43. The molecular formula is C26H30F3N3O4. The van der Waals surface area contributed by atoms with Crippen molar-refractivity contribution in [3.63, 3.8) is 0 Å². The summed E-state index contributed by atoms with van der Waals surface area (Å²) >= 11 is 0. The molecule has 1 aromatic heterocycles. The molecular weight excluding hydrogens is 475 g/mol. The van der Waals surface area contributed by atoms with Crippen molar-refractivity contribution in [2.45, 2.75) is 59.4 Å². The number of alkyl halides is 3. The number of hydrogen-bond acceptors (Lipinski definition) is 6. The normalized spacial score (nSPS) is 19.7. The van der Waals surface area contributed by atoms with Crippen LogP contribution in [0.2, 0.25) is 0 Å². The van der Waals surface area contributed by atoms with Crippen molar-refractivity contribution in [2.24, 2.45) is 11.3 Å². The second-order valence-corrected chi connectivity index (χ2v) is 10.2. The van der Waals surface area contributed by atoms with Crippen molar-refractivity contribution in [2.75, 3.05) is 12.4 Å². The van der Waals surface area contributed by atoms with Crippen molar-refractivity contribution < 1.29 is 32.2 Å². The average Bonchev–Trinajstić information content (AvgIpc) is 3.08. The molecule has 4 rings (SSSR count). The maximum atomic E-state index is 12.5. The minimum absolute atomic E-state index is 0.119. The highest BCUT2D eigenvalue weighted by Gasteiger charge is 2.35. The molecule has 36 heavy (non-hydrogen) atoms. The zero-order chi connectivity index (χ0) is 26.3.